The largest absolute Gasteiger partial charge is 0.389 e. The number of rotatable bonds is 4. The molecule has 0 amide bonds. The minimum atomic E-state index is -0.521. The molecule has 2 N–H and O–H groups in total. The molecule has 4 aliphatic rings. The Bertz CT molecular complexity index is 1020. The first-order valence-corrected chi connectivity index (χ1v) is 11.7. The molecule has 3 atom stereocenters. The van der Waals surface area contributed by atoms with Crippen LogP contribution in [0.4, 0.5) is 0 Å². The molecule has 30 heavy (non-hydrogen) atoms. The van der Waals surface area contributed by atoms with Gasteiger partial charge in [-0.15, -0.1) is 0 Å². The van der Waals surface area contributed by atoms with Crippen molar-refractivity contribution >= 4 is 11.0 Å². The van der Waals surface area contributed by atoms with E-state index in [0.29, 0.717) is 17.8 Å². The van der Waals surface area contributed by atoms with Crippen molar-refractivity contribution in [3.63, 3.8) is 0 Å². The van der Waals surface area contributed by atoms with Crippen LogP contribution in [-0.4, -0.2) is 45.2 Å². The minimum absolute atomic E-state index is 0.326. The molecule has 2 aromatic carbocycles. The van der Waals surface area contributed by atoms with E-state index in [1.54, 1.807) is 0 Å². The normalized spacial score (nSPS) is 29.4. The zero-order chi connectivity index (χ0) is 20.1. The fraction of sp³-hybridized carbons (Fsp3) is 0.500. The predicted molar refractivity (Wildman–Crippen MR) is 120 cm³/mol. The van der Waals surface area contributed by atoms with Gasteiger partial charge < -0.3 is 15.0 Å². The number of benzene rings is 2. The molecule has 3 aliphatic carbocycles. The van der Waals surface area contributed by atoms with Gasteiger partial charge in [0.25, 0.3) is 0 Å². The van der Waals surface area contributed by atoms with Gasteiger partial charge in [0.05, 0.1) is 16.6 Å². The summed E-state index contributed by atoms with van der Waals surface area (Å²) < 4.78 is 0. The highest BCUT2D eigenvalue weighted by molar-refractivity contribution is 5.74. The number of H-pyrrole nitrogens is 1. The lowest BCUT2D eigenvalue weighted by Crippen LogP contribution is -2.48. The summed E-state index contributed by atoms with van der Waals surface area (Å²) in [5, 5.41) is 11.6. The van der Waals surface area contributed by atoms with Crippen molar-refractivity contribution in [2.24, 2.45) is 0 Å². The number of fused-ring (bicyclic) bond motifs is 3. The van der Waals surface area contributed by atoms with Crippen LogP contribution in [0.1, 0.15) is 73.2 Å². The summed E-state index contributed by atoms with van der Waals surface area (Å²) in [6.07, 6.45) is 6.53. The molecular weight excluding hydrogens is 370 g/mol. The van der Waals surface area contributed by atoms with E-state index in [4.69, 9.17) is 4.98 Å². The molecule has 7 rings (SSSR count). The van der Waals surface area contributed by atoms with Crippen LogP contribution < -0.4 is 0 Å². The Balaban J connectivity index is 1.09. The Morgan fingerprint density at radius 1 is 0.933 bits per heavy atom. The quantitative estimate of drug-likeness (QED) is 0.652. The lowest BCUT2D eigenvalue weighted by atomic mass is 9.58. The number of hydrogen-bond acceptors (Lipinski definition) is 3. The predicted octanol–water partition coefficient (Wildman–Crippen LogP) is 4.93. The van der Waals surface area contributed by atoms with Crippen molar-refractivity contribution in [3.8, 4) is 0 Å². The number of nitrogens with zero attached hydrogens (tertiary/aromatic N) is 2. The minimum Gasteiger partial charge on any atom is -0.389 e. The Hall–Kier alpha value is -2.17. The molecule has 1 saturated heterocycles. The van der Waals surface area contributed by atoms with E-state index in [2.05, 4.69) is 58.4 Å². The van der Waals surface area contributed by atoms with E-state index >= 15 is 0 Å². The van der Waals surface area contributed by atoms with Crippen LogP contribution in [0, 0.1) is 0 Å². The van der Waals surface area contributed by atoms with Gasteiger partial charge in [-0.3, -0.25) is 0 Å². The fourth-order valence-electron chi connectivity index (χ4n) is 6.44. The molecule has 2 fully saturated rings. The van der Waals surface area contributed by atoms with Crippen LogP contribution >= 0.6 is 0 Å². The van der Waals surface area contributed by atoms with E-state index in [-0.39, 0.29) is 0 Å². The van der Waals surface area contributed by atoms with Crippen molar-refractivity contribution in [2.75, 3.05) is 19.6 Å². The molecule has 1 saturated carbocycles. The molecule has 3 unspecified atom stereocenters. The van der Waals surface area contributed by atoms with Gasteiger partial charge in [0.15, 0.2) is 0 Å². The number of piperidine rings is 1. The highest BCUT2D eigenvalue weighted by atomic mass is 16.3. The molecule has 0 radical (unpaired) electrons. The van der Waals surface area contributed by atoms with Gasteiger partial charge in [-0.1, -0.05) is 36.4 Å². The first-order valence-electron chi connectivity index (χ1n) is 11.7. The first kappa shape index (κ1) is 18.6. The van der Waals surface area contributed by atoms with Gasteiger partial charge in [-0.2, -0.15) is 0 Å². The van der Waals surface area contributed by atoms with E-state index in [1.807, 2.05) is 0 Å². The monoisotopic (exact) mass is 401 g/mol. The summed E-state index contributed by atoms with van der Waals surface area (Å²) in [7, 11) is 0. The Morgan fingerprint density at radius 3 is 2.53 bits per heavy atom. The van der Waals surface area contributed by atoms with Gasteiger partial charge >= 0.3 is 0 Å². The van der Waals surface area contributed by atoms with Gasteiger partial charge in [0.1, 0.15) is 5.82 Å². The van der Waals surface area contributed by atoms with Gasteiger partial charge in [-0.05, 0) is 80.8 Å². The molecule has 3 aromatic rings. The fourth-order valence-corrected chi connectivity index (χ4v) is 6.44. The summed E-state index contributed by atoms with van der Waals surface area (Å²) in [6.45, 7) is 3.21. The highest BCUT2D eigenvalue weighted by Crippen LogP contribution is 2.55. The third kappa shape index (κ3) is 3.09. The SMILES string of the molecule is OC1(CCN2CCC(c3nc4ccccc4[nH]3)CC2)CC2CCC1c1ccccc12. The average molecular weight is 402 g/mol. The third-order valence-corrected chi connectivity index (χ3v) is 8.11. The molecule has 4 heteroatoms. The van der Waals surface area contributed by atoms with Gasteiger partial charge in [-0.25, -0.2) is 4.98 Å². The zero-order valence-electron chi connectivity index (χ0n) is 17.6. The summed E-state index contributed by atoms with van der Waals surface area (Å²) >= 11 is 0. The molecule has 1 aliphatic heterocycles. The molecule has 2 heterocycles. The van der Waals surface area contributed by atoms with Crippen molar-refractivity contribution in [1.29, 1.82) is 0 Å². The number of aromatic nitrogens is 2. The average Bonchev–Trinajstić information content (AvgIpc) is 3.23. The number of nitrogens with one attached hydrogen (secondary N) is 1. The highest BCUT2D eigenvalue weighted by Gasteiger charge is 2.48. The van der Waals surface area contributed by atoms with E-state index in [0.717, 1.165) is 68.6 Å². The first-order chi connectivity index (χ1) is 14.7. The summed E-state index contributed by atoms with van der Waals surface area (Å²) in [5.41, 5.74) is 4.62. The third-order valence-electron chi connectivity index (χ3n) is 8.11. The lowest BCUT2D eigenvalue weighted by molar-refractivity contribution is -0.0474. The topological polar surface area (TPSA) is 52.1 Å². The van der Waals surface area contributed by atoms with Crippen LogP contribution in [0.15, 0.2) is 48.5 Å². The maximum absolute atomic E-state index is 11.6. The molecule has 2 bridgehead atoms. The second-order valence-corrected chi connectivity index (χ2v) is 9.77. The van der Waals surface area contributed by atoms with Crippen LogP contribution in [0.25, 0.3) is 11.0 Å². The van der Waals surface area contributed by atoms with Crippen LogP contribution in [-0.2, 0) is 0 Å². The van der Waals surface area contributed by atoms with Crippen LogP contribution in [0.3, 0.4) is 0 Å². The number of likely N-dealkylation sites (tertiary alicyclic amines) is 1. The van der Waals surface area contributed by atoms with E-state index in [1.165, 1.54) is 17.5 Å². The number of para-hydroxylation sites is 2. The van der Waals surface area contributed by atoms with Crippen molar-refractivity contribution in [3.05, 3.63) is 65.5 Å². The standard InChI is InChI=1S/C26H31N3O/c30-26(17-19-9-10-22(26)21-6-2-1-5-20(19)21)13-16-29-14-11-18(12-15-29)25-27-23-7-3-4-8-24(23)28-25/h1-8,18-19,22,30H,9-17H2,(H,27,28). The van der Waals surface area contributed by atoms with Crippen molar-refractivity contribution in [2.45, 2.75) is 61.9 Å². The summed E-state index contributed by atoms with van der Waals surface area (Å²) in [6, 6.07) is 17.2. The zero-order valence-corrected chi connectivity index (χ0v) is 17.6. The number of aromatic amines is 1. The van der Waals surface area contributed by atoms with Crippen LogP contribution in [0.2, 0.25) is 0 Å². The molecule has 156 valence electrons. The van der Waals surface area contributed by atoms with E-state index < -0.39 is 5.60 Å². The molecule has 4 nitrogen and oxygen atoms in total. The molecule has 0 spiro atoms. The van der Waals surface area contributed by atoms with Crippen LogP contribution in [0.5, 0.6) is 0 Å². The molecular formula is C26H31N3O. The maximum atomic E-state index is 11.6. The lowest BCUT2D eigenvalue weighted by Gasteiger charge is -2.50. The Kier molecular flexibility index (Phi) is 4.47. The van der Waals surface area contributed by atoms with E-state index in [9.17, 15) is 5.11 Å². The maximum Gasteiger partial charge on any atom is 0.110 e. The number of imidazole rings is 1. The van der Waals surface area contributed by atoms with Gasteiger partial charge in [0.2, 0.25) is 0 Å². The second-order valence-electron chi connectivity index (χ2n) is 9.77. The van der Waals surface area contributed by atoms with Gasteiger partial charge in [0, 0.05) is 18.4 Å². The Labute approximate surface area is 178 Å². The number of aliphatic hydroxyl groups is 1. The Morgan fingerprint density at radius 2 is 1.70 bits per heavy atom. The smallest absolute Gasteiger partial charge is 0.110 e. The van der Waals surface area contributed by atoms with Crippen molar-refractivity contribution < 1.29 is 5.11 Å². The molecule has 1 aromatic heterocycles. The number of hydrogen-bond donors (Lipinski definition) is 2. The van der Waals surface area contributed by atoms with Crippen molar-refractivity contribution in [1.82, 2.24) is 14.9 Å². The summed E-state index contributed by atoms with van der Waals surface area (Å²) in [5.74, 6) is 2.55. The second kappa shape index (κ2) is 7.21. The summed E-state index contributed by atoms with van der Waals surface area (Å²) in [4.78, 5) is 10.9.